The van der Waals surface area contributed by atoms with Crippen molar-refractivity contribution in [1.82, 2.24) is 4.90 Å². The third-order valence-corrected chi connectivity index (χ3v) is 4.23. The Morgan fingerprint density at radius 2 is 2.00 bits per heavy atom. The number of carboxylic acids is 1. The summed E-state index contributed by atoms with van der Waals surface area (Å²) >= 11 is 0. The Bertz CT molecular complexity index is 613. The Balaban J connectivity index is 2.15. The molecule has 1 N–H and O–H groups in total. The number of rotatable bonds is 5. The SMILES string of the molecule is COc1ccccc1CC(C)(C)C(=O)N1CC(C(=O)O)O[C@H](C)C1. The van der Waals surface area contributed by atoms with Gasteiger partial charge in [-0.25, -0.2) is 4.79 Å². The van der Waals surface area contributed by atoms with Gasteiger partial charge in [0.2, 0.25) is 5.91 Å². The van der Waals surface area contributed by atoms with Crippen molar-refractivity contribution in [3.63, 3.8) is 0 Å². The lowest BCUT2D eigenvalue weighted by molar-refractivity contribution is -0.169. The summed E-state index contributed by atoms with van der Waals surface area (Å²) in [6.07, 6.45) is -0.759. The number of hydrogen-bond acceptors (Lipinski definition) is 4. The molecule has 6 heteroatoms. The molecule has 1 fully saturated rings. The van der Waals surface area contributed by atoms with E-state index < -0.39 is 17.5 Å². The average molecular weight is 335 g/mol. The van der Waals surface area contributed by atoms with Crippen molar-refractivity contribution >= 4 is 11.9 Å². The third kappa shape index (κ3) is 4.06. The Hall–Kier alpha value is -2.08. The molecule has 1 aromatic rings. The van der Waals surface area contributed by atoms with Gasteiger partial charge in [-0.1, -0.05) is 32.0 Å². The minimum absolute atomic E-state index is 0.0743. The van der Waals surface area contributed by atoms with E-state index in [-0.39, 0.29) is 18.6 Å². The molecule has 1 heterocycles. The number of para-hydroxylation sites is 1. The normalized spacial score (nSPS) is 21.4. The molecule has 1 amide bonds. The highest BCUT2D eigenvalue weighted by molar-refractivity contribution is 5.83. The van der Waals surface area contributed by atoms with Crippen molar-refractivity contribution in [1.29, 1.82) is 0 Å². The minimum atomic E-state index is -1.04. The Morgan fingerprint density at radius 3 is 2.62 bits per heavy atom. The molecule has 132 valence electrons. The zero-order valence-corrected chi connectivity index (χ0v) is 14.6. The van der Waals surface area contributed by atoms with Gasteiger partial charge in [0, 0.05) is 12.0 Å². The second-order valence-electron chi connectivity index (χ2n) is 6.86. The fraction of sp³-hybridized carbons (Fsp3) is 0.556. The molecule has 1 aliphatic heterocycles. The fourth-order valence-corrected chi connectivity index (χ4v) is 3.08. The van der Waals surface area contributed by atoms with E-state index >= 15 is 0 Å². The Labute approximate surface area is 142 Å². The number of carbonyl (C=O) groups excluding carboxylic acids is 1. The van der Waals surface area contributed by atoms with Crippen LogP contribution in [0.15, 0.2) is 24.3 Å². The molecular formula is C18H25NO5. The van der Waals surface area contributed by atoms with Crippen LogP contribution in [0, 0.1) is 5.41 Å². The van der Waals surface area contributed by atoms with Crippen LogP contribution in [-0.2, 0) is 20.7 Å². The van der Waals surface area contributed by atoms with Crippen molar-refractivity contribution in [2.24, 2.45) is 5.41 Å². The van der Waals surface area contributed by atoms with Crippen molar-refractivity contribution in [3.05, 3.63) is 29.8 Å². The first kappa shape index (κ1) is 18.3. The largest absolute Gasteiger partial charge is 0.496 e. The van der Waals surface area contributed by atoms with Crippen LogP contribution in [0.1, 0.15) is 26.3 Å². The quantitative estimate of drug-likeness (QED) is 0.890. The lowest BCUT2D eigenvalue weighted by Crippen LogP contribution is -2.55. The topological polar surface area (TPSA) is 76.1 Å². The van der Waals surface area contributed by atoms with Crippen molar-refractivity contribution in [3.8, 4) is 5.75 Å². The highest BCUT2D eigenvalue weighted by Crippen LogP contribution is 2.30. The maximum Gasteiger partial charge on any atom is 0.334 e. The molecule has 1 saturated heterocycles. The van der Waals surface area contributed by atoms with Crippen LogP contribution in [0.4, 0.5) is 0 Å². The zero-order chi connectivity index (χ0) is 17.9. The molecule has 6 nitrogen and oxygen atoms in total. The summed E-state index contributed by atoms with van der Waals surface area (Å²) in [6.45, 7) is 6.00. The number of aliphatic carboxylic acids is 1. The van der Waals surface area contributed by atoms with Crippen molar-refractivity contribution in [2.75, 3.05) is 20.2 Å². The van der Waals surface area contributed by atoms with Gasteiger partial charge >= 0.3 is 5.97 Å². The van der Waals surface area contributed by atoms with Crippen molar-refractivity contribution in [2.45, 2.75) is 39.4 Å². The highest BCUT2D eigenvalue weighted by Gasteiger charge is 2.39. The van der Waals surface area contributed by atoms with Crippen LogP contribution >= 0.6 is 0 Å². The Morgan fingerprint density at radius 1 is 1.33 bits per heavy atom. The molecule has 24 heavy (non-hydrogen) atoms. The molecule has 0 saturated carbocycles. The third-order valence-electron chi connectivity index (χ3n) is 4.23. The average Bonchev–Trinajstić information content (AvgIpc) is 2.53. The van der Waals surface area contributed by atoms with Crippen LogP contribution in [0.3, 0.4) is 0 Å². The summed E-state index contributed by atoms with van der Waals surface area (Å²) in [7, 11) is 1.61. The van der Waals surface area contributed by atoms with Gasteiger partial charge in [-0.2, -0.15) is 0 Å². The fourth-order valence-electron chi connectivity index (χ4n) is 3.08. The smallest absolute Gasteiger partial charge is 0.334 e. The van der Waals surface area contributed by atoms with Gasteiger partial charge in [-0.15, -0.1) is 0 Å². The number of carbonyl (C=O) groups is 2. The highest BCUT2D eigenvalue weighted by atomic mass is 16.5. The van der Waals surface area contributed by atoms with E-state index in [1.165, 1.54) is 0 Å². The molecule has 0 aliphatic carbocycles. The lowest BCUT2D eigenvalue weighted by Gasteiger charge is -2.39. The lowest BCUT2D eigenvalue weighted by atomic mass is 9.83. The molecule has 2 atom stereocenters. The molecule has 1 aromatic carbocycles. The number of benzene rings is 1. The van der Waals surface area contributed by atoms with Gasteiger partial charge in [0.15, 0.2) is 6.10 Å². The van der Waals surface area contributed by atoms with Crippen LogP contribution in [0.25, 0.3) is 0 Å². The van der Waals surface area contributed by atoms with Crippen LogP contribution < -0.4 is 4.74 Å². The Kier molecular flexibility index (Phi) is 5.49. The number of methoxy groups -OCH3 is 1. The van der Waals surface area contributed by atoms with Gasteiger partial charge in [0.1, 0.15) is 5.75 Å². The zero-order valence-electron chi connectivity index (χ0n) is 14.6. The predicted molar refractivity (Wildman–Crippen MR) is 89.0 cm³/mol. The first-order valence-electron chi connectivity index (χ1n) is 8.04. The number of morpholine rings is 1. The summed E-state index contributed by atoms with van der Waals surface area (Å²) in [5.41, 5.74) is 0.281. The number of nitrogens with zero attached hydrogens (tertiary/aromatic N) is 1. The van der Waals surface area contributed by atoms with E-state index in [4.69, 9.17) is 9.47 Å². The summed E-state index contributed by atoms with van der Waals surface area (Å²) in [6, 6.07) is 7.61. The minimum Gasteiger partial charge on any atom is -0.496 e. The molecule has 2 rings (SSSR count). The summed E-state index contributed by atoms with van der Waals surface area (Å²) in [5, 5.41) is 9.18. The number of carboxylic acid groups (broad SMARTS) is 1. The standard InChI is InChI=1S/C18H25NO5/c1-12-10-19(11-15(24-12)16(20)21)17(22)18(2,3)9-13-7-5-6-8-14(13)23-4/h5-8,12,15H,9-11H2,1-4H3,(H,20,21)/t12-,15?/m1/s1. The van der Waals surface area contributed by atoms with E-state index in [2.05, 4.69) is 0 Å². The van der Waals surface area contributed by atoms with E-state index in [0.29, 0.717) is 13.0 Å². The first-order chi connectivity index (χ1) is 11.2. The molecule has 0 radical (unpaired) electrons. The maximum absolute atomic E-state index is 13.0. The summed E-state index contributed by atoms with van der Waals surface area (Å²) in [5.74, 6) is -0.367. The van der Waals surface area contributed by atoms with Gasteiger partial charge in [0.25, 0.3) is 0 Å². The second-order valence-corrected chi connectivity index (χ2v) is 6.86. The van der Waals surface area contributed by atoms with E-state index in [1.54, 1.807) is 18.9 Å². The van der Waals surface area contributed by atoms with E-state index in [0.717, 1.165) is 11.3 Å². The maximum atomic E-state index is 13.0. The van der Waals surface area contributed by atoms with Crippen LogP contribution in [0.5, 0.6) is 5.75 Å². The van der Waals surface area contributed by atoms with E-state index in [9.17, 15) is 14.7 Å². The molecule has 0 aromatic heterocycles. The number of hydrogen-bond donors (Lipinski definition) is 1. The molecular weight excluding hydrogens is 310 g/mol. The van der Waals surface area contributed by atoms with Gasteiger partial charge in [-0.3, -0.25) is 4.79 Å². The second kappa shape index (κ2) is 7.21. The number of ether oxygens (including phenoxy) is 2. The van der Waals surface area contributed by atoms with E-state index in [1.807, 2.05) is 38.1 Å². The van der Waals surface area contributed by atoms with Gasteiger partial charge in [-0.05, 0) is 25.0 Å². The molecule has 0 bridgehead atoms. The monoisotopic (exact) mass is 335 g/mol. The molecule has 1 unspecified atom stereocenters. The summed E-state index contributed by atoms with van der Waals surface area (Å²) < 4.78 is 10.7. The number of amides is 1. The van der Waals surface area contributed by atoms with Crippen molar-refractivity contribution < 1.29 is 24.2 Å². The molecule has 0 spiro atoms. The molecule has 1 aliphatic rings. The van der Waals surface area contributed by atoms with Crippen LogP contribution in [-0.4, -0.2) is 54.3 Å². The first-order valence-corrected chi connectivity index (χ1v) is 8.04. The predicted octanol–water partition coefficient (Wildman–Crippen LogP) is 1.96. The van der Waals surface area contributed by atoms with Crippen LogP contribution in [0.2, 0.25) is 0 Å². The van der Waals surface area contributed by atoms with Gasteiger partial charge < -0.3 is 19.5 Å². The summed E-state index contributed by atoms with van der Waals surface area (Å²) in [4.78, 5) is 25.8. The van der Waals surface area contributed by atoms with Gasteiger partial charge in [0.05, 0.1) is 19.8 Å².